The molecule has 96 valence electrons. The third-order valence-corrected chi connectivity index (χ3v) is 2.99. The molecule has 0 N–H and O–H groups in total. The van der Waals surface area contributed by atoms with Gasteiger partial charge >= 0.3 is 21.1 Å². The molecule has 0 amide bonds. The van der Waals surface area contributed by atoms with Gasteiger partial charge in [-0.05, 0) is 19.2 Å². The molecule has 0 atom stereocenters. The van der Waals surface area contributed by atoms with Gasteiger partial charge in [-0.2, -0.15) is 24.9 Å². The zero-order valence-corrected chi connectivity index (χ0v) is 12.5. The molecule has 1 aliphatic heterocycles. The molecule has 0 aromatic heterocycles. The Balaban J connectivity index is 0.00000133. The van der Waals surface area contributed by atoms with E-state index in [0.29, 0.717) is 5.56 Å². The predicted molar refractivity (Wildman–Crippen MR) is 71.3 cm³/mol. The van der Waals surface area contributed by atoms with Crippen molar-refractivity contribution in [2.45, 2.75) is 0 Å². The molecule has 0 saturated carbocycles. The summed E-state index contributed by atoms with van der Waals surface area (Å²) in [5.74, 6) is 0. The molecule has 0 radical (unpaired) electrons. The van der Waals surface area contributed by atoms with Gasteiger partial charge in [-0.25, -0.2) is 5.26 Å². The van der Waals surface area contributed by atoms with Gasteiger partial charge in [0.1, 0.15) is 0 Å². The van der Waals surface area contributed by atoms with Gasteiger partial charge in [-0.15, -0.1) is 11.8 Å². The molecule has 4 heteroatoms. The third-order valence-electron chi connectivity index (χ3n) is 2.99. The number of anilines is 3. The molecule has 0 saturated heterocycles. The van der Waals surface area contributed by atoms with Crippen molar-refractivity contribution in [1.82, 2.24) is 0 Å². The average molecular weight is 428 g/mol. The number of rotatable bonds is 1. The van der Waals surface area contributed by atoms with E-state index in [9.17, 15) is 0 Å². The van der Waals surface area contributed by atoms with Crippen molar-refractivity contribution < 1.29 is 21.1 Å². The zero-order valence-electron chi connectivity index (χ0n) is 10.3. The third kappa shape index (κ3) is 2.37. The van der Waals surface area contributed by atoms with E-state index < -0.39 is 0 Å². The van der Waals surface area contributed by atoms with E-state index in [0.717, 1.165) is 17.1 Å². The van der Waals surface area contributed by atoms with Crippen molar-refractivity contribution in [3.8, 4) is 6.07 Å². The molecule has 0 spiro atoms. The van der Waals surface area contributed by atoms with Gasteiger partial charge in [-0.3, -0.25) is 0 Å². The molecule has 0 bridgehead atoms. The SMILES string of the molecule is CN1[CH-]N(c2[c-]cc(C#N)cc2)c2ccccc21.[Pt+2]. The Kier molecular flexibility index (Phi) is 3.92. The van der Waals surface area contributed by atoms with Crippen LogP contribution < -0.4 is 9.80 Å². The first-order valence-corrected chi connectivity index (χ1v) is 5.67. The first-order chi connectivity index (χ1) is 8.79. The van der Waals surface area contributed by atoms with Gasteiger partial charge in [0, 0.05) is 17.4 Å². The maximum Gasteiger partial charge on any atom is 2.00 e. The predicted octanol–water partition coefficient (Wildman–Crippen LogP) is 3.06. The first kappa shape index (κ1) is 13.6. The molecule has 0 unspecified atom stereocenters. The Bertz CT molecular complexity index is 616. The molecular weight excluding hydrogens is 417 g/mol. The van der Waals surface area contributed by atoms with E-state index in [-0.39, 0.29) is 21.1 Å². The Morgan fingerprint density at radius 2 is 1.89 bits per heavy atom. The zero-order chi connectivity index (χ0) is 12.5. The molecule has 1 heterocycles. The monoisotopic (exact) mass is 428 g/mol. The van der Waals surface area contributed by atoms with Crippen molar-refractivity contribution in [3.05, 3.63) is 60.8 Å². The van der Waals surface area contributed by atoms with Crippen molar-refractivity contribution >= 4 is 17.1 Å². The molecule has 2 aromatic carbocycles. The van der Waals surface area contributed by atoms with E-state index in [1.165, 1.54) is 0 Å². The van der Waals surface area contributed by atoms with Crippen LogP contribution in [0.2, 0.25) is 0 Å². The molecule has 3 rings (SSSR count). The van der Waals surface area contributed by atoms with Gasteiger partial charge in [0.15, 0.2) is 0 Å². The van der Waals surface area contributed by atoms with Crippen LogP contribution in [0.3, 0.4) is 0 Å². The van der Waals surface area contributed by atoms with Crippen LogP contribution in [0.5, 0.6) is 0 Å². The Morgan fingerprint density at radius 3 is 2.53 bits per heavy atom. The van der Waals surface area contributed by atoms with Crippen molar-refractivity contribution in [2.24, 2.45) is 0 Å². The molecule has 0 fully saturated rings. The van der Waals surface area contributed by atoms with Crippen molar-refractivity contribution in [3.63, 3.8) is 0 Å². The quantitative estimate of drug-likeness (QED) is 0.655. The normalized spacial score (nSPS) is 12.6. The largest absolute Gasteiger partial charge is 2.00 e. The summed E-state index contributed by atoms with van der Waals surface area (Å²) in [4.78, 5) is 4.14. The molecule has 2 aromatic rings. The second-order valence-electron chi connectivity index (χ2n) is 4.16. The van der Waals surface area contributed by atoms with Crippen LogP contribution in [0.1, 0.15) is 5.56 Å². The Hall–Kier alpha value is -1.78. The fraction of sp³-hybridized carbons (Fsp3) is 0.0667. The van der Waals surface area contributed by atoms with Gasteiger partial charge in [0.2, 0.25) is 0 Å². The summed E-state index contributed by atoms with van der Waals surface area (Å²) in [5, 5.41) is 8.79. The molecule has 3 nitrogen and oxygen atoms in total. The van der Waals surface area contributed by atoms with Crippen LogP contribution in [-0.2, 0) is 21.1 Å². The summed E-state index contributed by atoms with van der Waals surface area (Å²) in [5.41, 5.74) is 3.85. The second kappa shape index (κ2) is 5.46. The average Bonchev–Trinajstić information content (AvgIpc) is 2.77. The Labute approximate surface area is 127 Å². The van der Waals surface area contributed by atoms with E-state index in [1.807, 2.05) is 31.9 Å². The van der Waals surface area contributed by atoms with E-state index >= 15 is 0 Å². The molecule has 1 aliphatic rings. The molecular formula is C15H11N3Pt. The number of hydrogen-bond acceptors (Lipinski definition) is 3. The minimum Gasteiger partial charge on any atom is -0.504 e. The minimum absolute atomic E-state index is 0. The summed E-state index contributed by atoms with van der Waals surface area (Å²) in [6.45, 7) is 2.02. The number of benzene rings is 2. The number of para-hydroxylation sites is 2. The van der Waals surface area contributed by atoms with Gasteiger partial charge in [0.05, 0.1) is 0 Å². The van der Waals surface area contributed by atoms with Gasteiger partial charge in [0.25, 0.3) is 0 Å². The van der Waals surface area contributed by atoms with Crippen LogP contribution in [0.25, 0.3) is 0 Å². The topological polar surface area (TPSA) is 30.3 Å². The van der Waals surface area contributed by atoms with E-state index in [4.69, 9.17) is 5.26 Å². The van der Waals surface area contributed by atoms with Crippen molar-refractivity contribution in [1.29, 1.82) is 5.26 Å². The van der Waals surface area contributed by atoms with Crippen LogP contribution in [0, 0.1) is 24.1 Å². The number of nitriles is 1. The van der Waals surface area contributed by atoms with Crippen LogP contribution in [0.15, 0.2) is 42.5 Å². The number of fused-ring (bicyclic) bond motifs is 1. The Morgan fingerprint density at radius 1 is 1.16 bits per heavy atom. The van der Waals surface area contributed by atoms with Crippen LogP contribution >= 0.6 is 0 Å². The van der Waals surface area contributed by atoms with E-state index in [1.54, 1.807) is 12.1 Å². The van der Waals surface area contributed by atoms with E-state index in [2.05, 4.69) is 34.1 Å². The molecule has 19 heavy (non-hydrogen) atoms. The summed E-state index contributed by atoms with van der Waals surface area (Å²) in [7, 11) is 2.02. The maximum atomic E-state index is 8.79. The standard InChI is InChI=1S/C15H11N3.Pt/c1-17-11-18(15-5-3-2-4-14(15)17)13-8-6-12(10-16)7-9-13;/h2-8,11H,1H3;/q-2;+2. The van der Waals surface area contributed by atoms with Crippen LogP contribution in [0.4, 0.5) is 17.1 Å². The number of hydrogen-bond donors (Lipinski definition) is 0. The maximum absolute atomic E-state index is 8.79. The second-order valence-corrected chi connectivity index (χ2v) is 4.16. The minimum atomic E-state index is 0. The summed E-state index contributed by atoms with van der Waals surface area (Å²) < 4.78 is 0. The first-order valence-electron chi connectivity index (χ1n) is 5.67. The van der Waals surface area contributed by atoms with Gasteiger partial charge < -0.3 is 9.80 Å². The molecule has 0 aliphatic carbocycles. The summed E-state index contributed by atoms with van der Waals surface area (Å²) in [6.07, 6.45) is 0. The fourth-order valence-corrected chi connectivity index (χ4v) is 2.09. The van der Waals surface area contributed by atoms with Crippen LogP contribution in [-0.4, -0.2) is 7.05 Å². The summed E-state index contributed by atoms with van der Waals surface area (Å²) in [6, 6.07) is 18.9. The van der Waals surface area contributed by atoms with Gasteiger partial charge in [-0.1, -0.05) is 17.7 Å². The smallest absolute Gasteiger partial charge is 0.504 e. The fourth-order valence-electron chi connectivity index (χ4n) is 2.09. The van der Waals surface area contributed by atoms with Crippen molar-refractivity contribution in [2.75, 3.05) is 16.8 Å². The summed E-state index contributed by atoms with van der Waals surface area (Å²) >= 11 is 0. The number of nitrogens with zero attached hydrogens (tertiary/aromatic N) is 3.